The molecule has 0 bridgehead atoms. The number of pyridine rings is 1. The smallest absolute Gasteiger partial charge is 0.125 e. The summed E-state index contributed by atoms with van der Waals surface area (Å²) in [6.07, 6.45) is 3.58. The van der Waals surface area contributed by atoms with Crippen LogP contribution in [-0.2, 0) is 5.75 Å². The van der Waals surface area contributed by atoms with E-state index in [2.05, 4.69) is 20.2 Å². The van der Waals surface area contributed by atoms with Crippen LogP contribution in [0.3, 0.4) is 0 Å². The molecule has 0 atom stereocenters. The zero-order valence-corrected chi connectivity index (χ0v) is 16.9. The van der Waals surface area contributed by atoms with E-state index in [1.165, 1.54) is 5.56 Å². The largest absolute Gasteiger partial charge is 0.264 e. The maximum absolute atomic E-state index is 5.92. The zero-order chi connectivity index (χ0) is 18.6. The summed E-state index contributed by atoms with van der Waals surface area (Å²) in [5, 5.41) is 11.4. The molecule has 0 aliphatic rings. The lowest BCUT2D eigenvalue weighted by Crippen LogP contribution is -1.90. The predicted octanol–water partition coefficient (Wildman–Crippen LogP) is 5.92. The van der Waals surface area contributed by atoms with Crippen molar-refractivity contribution in [3.8, 4) is 21.1 Å². The van der Waals surface area contributed by atoms with Crippen LogP contribution in [0, 0.1) is 6.92 Å². The average molecular weight is 411 g/mol. The third-order valence-corrected chi connectivity index (χ3v) is 6.35. The number of thiazole rings is 1. The fourth-order valence-corrected chi connectivity index (χ4v) is 4.42. The molecule has 0 unspecified atom stereocenters. The second kappa shape index (κ2) is 8.17. The van der Waals surface area contributed by atoms with E-state index in [4.69, 9.17) is 11.6 Å². The third-order valence-electron chi connectivity index (χ3n) is 3.88. The Kier molecular flexibility index (Phi) is 5.48. The molecule has 0 N–H and O–H groups in total. The van der Waals surface area contributed by atoms with Crippen LogP contribution < -0.4 is 0 Å². The minimum absolute atomic E-state index is 0.749. The van der Waals surface area contributed by atoms with Gasteiger partial charge in [0.05, 0.1) is 10.6 Å². The normalized spacial score (nSPS) is 10.9. The SMILES string of the molecule is Cc1nc(-c2cccnc2)sc1-c1ccc(SCc2ccc(Cl)cc2)nn1. The van der Waals surface area contributed by atoms with E-state index in [-0.39, 0.29) is 0 Å². The summed E-state index contributed by atoms with van der Waals surface area (Å²) in [6, 6.07) is 15.8. The van der Waals surface area contributed by atoms with Crippen molar-refractivity contribution in [1.82, 2.24) is 20.2 Å². The van der Waals surface area contributed by atoms with E-state index >= 15 is 0 Å². The van der Waals surface area contributed by atoms with Gasteiger partial charge in [-0.25, -0.2) is 4.98 Å². The van der Waals surface area contributed by atoms with Gasteiger partial charge in [0, 0.05) is 28.7 Å². The van der Waals surface area contributed by atoms with Gasteiger partial charge in [-0.2, -0.15) is 0 Å². The van der Waals surface area contributed by atoms with Crippen LogP contribution in [0.5, 0.6) is 0 Å². The first-order chi connectivity index (χ1) is 13.2. The van der Waals surface area contributed by atoms with Crippen molar-refractivity contribution >= 4 is 34.7 Å². The van der Waals surface area contributed by atoms with Crippen LogP contribution in [0.2, 0.25) is 5.02 Å². The van der Waals surface area contributed by atoms with Gasteiger partial charge in [-0.05, 0) is 48.9 Å². The molecule has 7 heteroatoms. The maximum atomic E-state index is 5.92. The minimum atomic E-state index is 0.749. The highest BCUT2D eigenvalue weighted by Gasteiger charge is 2.13. The predicted molar refractivity (Wildman–Crippen MR) is 112 cm³/mol. The fraction of sp³-hybridized carbons (Fsp3) is 0.100. The van der Waals surface area contributed by atoms with Crippen molar-refractivity contribution in [2.45, 2.75) is 17.7 Å². The molecule has 27 heavy (non-hydrogen) atoms. The molecule has 134 valence electrons. The van der Waals surface area contributed by atoms with E-state index in [1.54, 1.807) is 29.3 Å². The first kappa shape index (κ1) is 18.1. The van der Waals surface area contributed by atoms with Gasteiger partial charge in [-0.1, -0.05) is 35.5 Å². The molecule has 4 nitrogen and oxygen atoms in total. The Balaban J connectivity index is 1.49. The molecule has 0 saturated carbocycles. The van der Waals surface area contributed by atoms with Gasteiger partial charge < -0.3 is 0 Å². The molecular formula is C20H15ClN4S2. The molecule has 0 aliphatic carbocycles. The van der Waals surface area contributed by atoms with Crippen molar-refractivity contribution in [2.24, 2.45) is 0 Å². The molecular weight excluding hydrogens is 396 g/mol. The zero-order valence-electron chi connectivity index (χ0n) is 14.5. The van der Waals surface area contributed by atoms with Crippen molar-refractivity contribution in [3.05, 3.63) is 77.2 Å². The van der Waals surface area contributed by atoms with Gasteiger partial charge in [-0.3, -0.25) is 4.98 Å². The molecule has 4 rings (SSSR count). The Morgan fingerprint density at radius 1 is 1.04 bits per heavy atom. The number of nitrogens with zero attached hydrogens (tertiary/aromatic N) is 4. The molecule has 0 radical (unpaired) electrons. The van der Waals surface area contributed by atoms with Crippen LogP contribution >= 0.6 is 34.7 Å². The summed E-state index contributed by atoms with van der Waals surface area (Å²) < 4.78 is 0. The van der Waals surface area contributed by atoms with Gasteiger partial charge in [0.2, 0.25) is 0 Å². The molecule has 3 heterocycles. The van der Waals surface area contributed by atoms with Crippen molar-refractivity contribution in [1.29, 1.82) is 0 Å². The highest BCUT2D eigenvalue weighted by Crippen LogP contribution is 2.34. The lowest BCUT2D eigenvalue weighted by Gasteiger charge is -2.02. The summed E-state index contributed by atoms with van der Waals surface area (Å²) in [7, 11) is 0. The summed E-state index contributed by atoms with van der Waals surface area (Å²) in [5.74, 6) is 0.829. The molecule has 4 aromatic rings. The molecule has 0 amide bonds. The van der Waals surface area contributed by atoms with E-state index < -0.39 is 0 Å². The lowest BCUT2D eigenvalue weighted by atomic mass is 10.2. The fourth-order valence-electron chi connectivity index (χ4n) is 2.50. The Morgan fingerprint density at radius 2 is 1.89 bits per heavy atom. The summed E-state index contributed by atoms with van der Waals surface area (Å²) in [4.78, 5) is 9.86. The molecule has 1 aromatic carbocycles. The molecule has 0 spiro atoms. The number of aromatic nitrogens is 4. The first-order valence-electron chi connectivity index (χ1n) is 8.28. The van der Waals surface area contributed by atoms with Crippen LogP contribution in [0.25, 0.3) is 21.1 Å². The van der Waals surface area contributed by atoms with Gasteiger partial charge in [-0.15, -0.1) is 21.5 Å². The quantitative estimate of drug-likeness (QED) is 0.382. The topological polar surface area (TPSA) is 51.6 Å². The summed E-state index contributed by atoms with van der Waals surface area (Å²) in [5.41, 5.74) is 4.01. The van der Waals surface area contributed by atoms with Gasteiger partial charge in [0.1, 0.15) is 15.7 Å². The summed E-state index contributed by atoms with van der Waals surface area (Å²) in [6.45, 7) is 2.00. The second-order valence-electron chi connectivity index (χ2n) is 5.85. The Morgan fingerprint density at radius 3 is 2.59 bits per heavy atom. The number of benzene rings is 1. The second-order valence-corrected chi connectivity index (χ2v) is 8.28. The van der Waals surface area contributed by atoms with Gasteiger partial charge in [0.25, 0.3) is 0 Å². The minimum Gasteiger partial charge on any atom is -0.264 e. The van der Waals surface area contributed by atoms with Gasteiger partial charge >= 0.3 is 0 Å². The standard InChI is InChI=1S/C20H15ClN4S2/c1-13-19(27-20(23-13)15-3-2-10-22-11-15)17-8-9-18(25-24-17)26-12-14-4-6-16(21)7-5-14/h2-11H,12H2,1H3. The van der Waals surface area contributed by atoms with Crippen molar-refractivity contribution < 1.29 is 0 Å². The molecule has 0 fully saturated rings. The Hall–Kier alpha value is -2.28. The molecule has 0 saturated heterocycles. The highest BCUT2D eigenvalue weighted by molar-refractivity contribution is 7.98. The van der Waals surface area contributed by atoms with E-state index in [1.807, 2.05) is 61.7 Å². The number of halogens is 1. The Bertz CT molecular complexity index is 1030. The highest BCUT2D eigenvalue weighted by atomic mass is 35.5. The maximum Gasteiger partial charge on any atom is 0.125 e. The van der Waals surface area contributed by atoms with Crippen LogP contribution in [0.15, 0.2) is 66.0 Å². The van der Waals surface area contributed by atoms with Crippen molar-refractivity contribution in [2.75, 3.05) is 0 Å². The first-order valence-corrected chi connectivity index (χ1v) is 10.5. The number of rotatable bonds is 5. The van der Waals surface area contributed by atoms with Crippen molar-refractivity contribution in [3.63, 3.8) is 0 Å². The van der Waals surface area contributed by atoms with Crippen LogP contribution in [-0.4, -0.2) is 20.2 Å². The number of hydrogen-bond acceptors (Lipinski definition) is 6. The molecule has 3 aromatic heterocycles. The van der Waals surface area contributed by atoms with E-state index in [9.17, 15) is 0 Å². The van der Waals surface area contributed by atoms with Crippen LogP contribution in [0.1, 0.15) is 11.3 Å². The lowest BCUT2D eigenvalue weighted by molar-refractivity contribution is 0.936. The average Bonchev–Trinajstić information content (AvgIpc) is 3.10. The van der Waals surface area contributed by atoms with E-state index in [0.29, 0.717) is 0 Å². The van der Waals surface area contributed by atoms with Gasteiger partial charge in [0.15, 0.2) is 0 Å². The van der Waals surface area contributed by atoms with E-state index in [0.717, 1.165) is 42.6 Å². The van der Waals surface area contributed by atoms with Crippen LogP contribution in [0.4, 0.5) is 0 Å². The monoisotopic (exact) mass is 410 g/mol. The summed E-state index contributed by atoms with van der Waals surface area (Å²) >= 11 is 9.18. The number of aryl methyl sites for hydroxylation is 1. The Labute approximate surface area is 170 Å². The number of hydrogen-bond donors (Lipinski definition) is 0. The third kappa shape index (κ3) is 4.35. The number of thioether (sulfide) groups is 1. The molecule has 0 aliphatic heterocycles.